The summed E-state index contributed by atoms with van der Waals surface area (Å²) in [6.07, 6.45) is 2.49. The van der Waals surface area contributed by atoms with Gasteiger partial charge in [-0.3, -0.25) is 4.90 Å². The number of hydrogen-bond acceptors (Lipinski definition) is 8. The first kappa shape index (κ1) is 18.9. The van der Waals surface area contributed by atoms with Crippen LogP contribution in [0.4, 0.5) is 0 Å². The summed E-state index contributed by atoms with van der Waals surface area (Å²) in [5.41, 5.74) is 2.48. The molecular formula is C22H21N3O4S. The lowest BCUT2D eigenvalue weighted by Gasteiger charge is -2.36. The molecule has 1 aliphatic heterocycles. The van der Waals surface area contributed by atoms with E-state index in [2.05, 4.69) is 44.7 Å². The van der Waals surface area contributed by atoms with Crippen LogP contribution in [0, 0.1) is 0 Å². The Morgan fingerprint density at radius 3 is 2.73 bits per heavy atom. The second-order valence-corrected chi connectivity index (χ2v) is 8.00. The Kier molecular flexibility index (Phi) is 5.02. The van der Waals surface area contributed by atoms with E-state index in [4.69, 9.17) is 18.3 Å². The predicted molar refractivity (Wildman–Crippen MR) is 112 cm³/mol. The molecule has 154 valence electrons. The molecule has 0 saturated carbocycles. The van der Waals surface area contributed by atoms with Gasteiger partial charge in [0, 0.05) is 11.4 Å². The molecule has 1 unspecified atom stereocenters. The van der Waals surface area contributed by atoms with Crippen molar-refractivity contribution in [3.63, 3.8) is 0 Å². The largest absolute Gasteiger partial charge is 0.493 e. The van der Waals surface area contributed by atoms with E-state index in [0.29, 0.717) is 24.1 Å². The third-order valence-corrected chi connectivity index (χ3v) is 6.25. The van der Waals surface area contributed by atoms with E-state index in [1.165, 1.54) is 16.0 Å². The van der Waals surface area contributed by atoms with Crippen molar-refractivity contribution in [2.45, 2.75) is 19.0 Å². The molecule has 1 atom stereocenters. The van der Waals surface area contributed by atoms with E-state index < -0.39 is 0 Å². The molecular weight excluding hydrogens is 402 g/mol. The van der Waals surface area contributed by atoms with Crippen LogP contribution < -0.4 is 9.47 Å². The smallest absolute Gasteiger partial charge is 0.283 e. The lowest BCUT2D eigenvalue weighted by Crippen LogP contribution is -2.35. The predicted octanol–water partition coefficient (Wildman–Crippen LogP) is 4.56. The molecule has 4 heterocycles. The number of rotatable bonds is 6. The first-order chi connectivity index (χ1) is 14.8. The number of aromatic nitrogens is 2. The van der Waals surface area contributed by atoms with Crippen molar-refractivity contribution in [2.75, 3.05) is 20.8 Å². The molecule has 0 fully saturated rings. The molecule has 0 amide bonds. The van der Waals surface area contributed by atoms with Crippen LogP contribution >= 0.6 is 11.3 Å². The highest BCUT2D eigenvalue weighted by Crippen LogP contribution is 2.42. The summed E-state index contributed by atoms with van der Waals surface area (Å²) < 4.78 is 22.3. The van der Waals surface area contributed by atoms with Crippen molar-refractivity contribution in [1.29, 1.82) is 0 Å². The summed E-state index contributed by atoms with van der Waals surface area (Å²) in [5.74, 6) is 3.02. The van der Waals surface area contributed by atoms with Gasteiger partial charge in [0.1, 0.15) is 0 Å². The van der Waals surface area contributed by atoms with Crippen molar-refractivity contribution in [2.24, 2.45) is 0 Å². The summed E-state index contributed by atoms with van der Waals surface area (Å²) in [6.45, 7) is 1.41. The Labute approximate surface area is 177 Å². The van der Waals surface area contributed by atoms with Gasteiger partial charge in [-0.1, -0.05) is 6.07 Å². The van der Waals surface area contributed by atoms with Crippen molar-refractivity contribution in [3.05, 3.63) is 69.9 Å². The highest BCUT2D eigenvalue weighted by atomic mass is 32.1. The van der Waals surface area contributed by atoms with E-state index in [1.807, 2.05) is 6.07 Å². The minimum absolute atomic E-state index is 0.0764. The molecule has 30 heavy (non-hydrogen) atoms. The minimum Gasteiger partial charge on any atom is -0.493 e. The number of methoxy groups -OCH3 is 2. The molecule has 1 aliphatic rings. The lowest BCUT2D eigenvalue weighted by atomic mass is 9.91. The third kappa shape index (κ3) is 3.38. The van der Waals surface area contributed by atoms with Crippen LogP contribution in [0.5, 0.6) is 11.5 Å². The topological polar surface area (TPSA) is 73.8 Å². The Bertz CT molecular complexity index is 1120. The van der Waals surface area contributed by atoms with Crippen molar-refractivity contribution in [3.8, 4) is 23.1 Å². The quantitative estimate of drug-likeness (QED) is 0.450. The highest BCUT2D eigenvalue weighted by Gasteiger charge is 2.32. The van der Waals surface area contributed by atoms with Gasteiger partial charge in [-0.2, -0.15) is 0 Å². The molecule has 0 saturated heterocycles. The van der Waals surface area contributed by atoms with Gasteiger partial charge in [0.2, 0.25) is 5.89 Å². The van der Waals surface area contributed by atoms with Gasteiger partial charge in [-0.25, -0.2) is 0 Å². The van der Waals surface area contributed by atoms with E-state index in [-0.39, 0.29) is 6.04 Å². The maximum absolute atomic E-state index is 5.87. The second-order valence-electron chi connectivity index (χ2n) is 7.02. The van der Waals surface area contributed by atoms with Crippen LogP contribution in [0.25, 0.3) is 11.7 Å². The molecule has 5 rings (SSSR count). The van der Waals surface area contributed by atoms with E-state index in [9.17, 15) is 0 Å². The molecule has 0 spiro atoms. The molecule has 7 nitrogen and oxygen atoms in total. The molecule has 0 N–H and O–H groups in total. The van der Waals surface area contributed by atoms with Gasteiger partial charge in [0.05, 0.1) is 33.1 Å². The third-order valence-electron chi connectivity index (χ3n) is 5.32. The normalized spacial score (nSPS) is 16.4. The van der Waals surface area contributed by atoms with Gasteiger partial charge in [0.15, 0.2) is 17.3 Å². The number of nitrogens with zero attached hydrogens (tertiary/aromatic N) is 3. The molecule has 0 aliphatic carbocycles. The first-order valence-electron chi connectivity index (χ1n) is 9.65. The molecule has 4 aromatic rings. The van der Waals surface area contributed by atoms with Crippen LogP contribution in [0.3, 0.4) is 0 Å². The Morgan fingerprint density at radius 1 is 1.13 bits per heavy atom. The number of hydrogen-bond donors (Lipinski definition) is 0. The Hall–Kier alpha value is -3.10. The monoisotopic (exact) mass is 423 g/mol. The van der Waals surface area contributed by atoms with Gasteiger partial charge in [-0.05, 0) is 53.3 Å². The summed E-state index contributed by atoms with van der Waals surface area (Å²) >= 11 is 1.74. The fraction of sp³-hybridized carbons (Fsp3) is 0.273. The average molecular weight is 423 g/mol. The van der Waals surface area contributed by atoms with Crippen LogP contribution in [-0.4, -0.2) is 35.9 Å². The zero-order valence-corrected chi connectivity index (χ0v) is 17.5. The van der Waals surface area contributed by atoms with Crippen LogP contribution in [0.1, 0.15) is 27.9 Å². The maximum atomic E-state index is 5.87. The number of fused-ring (bicyclic) bond motifs is 1. The fourth-order valence-electron chi connectivity index (χ4n) is 3.94. The molecule has 1 aromatic carbocycles. The zero-order chi connectivity index (χ0) is 20.5. The van der Waals surface area contributed by atoms with Crippen LogP contribution in [0.15, 0.2) is 56.9 Å². The number of furan rings is 1. The Balaban J connectivity index is 1.50. The number of thiophene rings is 1. The SMILES string of the molecule is COc1cc2c(cc1OC)C(c1cccs1)N(Cc1nnc(-c3ccco3)o1)CC2. The lowest BCUT2D eigenvalue weighted by molar-refractivity contribution is 0.187. The summed E-state index contributed by atoms with van der Waals surface area (Å²) in [4.78, 5) is 3.62. The second kappa shape index (κ2) is 7.97. The van der Waals surface area contributed by atoms with E-state index in [0.717, 1.165) is 24.5 Å². The minimum atomic E-state index is 0.0764. The maximum Gasteiger partial charge on any atom is 0.283 e. The number of benzene rings is 1. The molecule has 0 radical (unpaired) electrons. The van der Waals surface area contributed by atoms with Gasteiger partial charge in [0.25, 0.3) is 5.89 Å². The summed E-state index contributed by atoms with van der Waals surface area (Å²) in [6, 6.07) is 12.1. The fourth-order valence-corrected chi connectivity index (χ4v) is 4.82. The summed E-state index contributed by atoms with van der Waals surface area (Å²) in [7, 11) is 3.34. The number of ether oxygens (including phenoxy) is 2. The van der Waals surface area contributed by atoms with Crippen molar-refractivity contribution < 1.29 is 18.3 Å². The van der Waals surface area contributed by atoms with E-state index in [1.54, 1.807) is 37.9 Å². The summed E-state index contributed by atoms with van der Waals surface area (Å²) in [5, 5.41) is 10.5. The van der Waals surface area contributed by atoms with Gasteiger partial charge < -0.3 is 18.3 Å². The van der Waals surface area contributed by atoms with Crippen molar-refractivity contribution in [1.82, 2.24) is 15.1 Å². The zero-order valence-electron chi connectivity index (χ0n) is 16.7. The molecule has 0 bridgehead atoms. The van der Waals surface area contributed by atoms with Crippen LogP contribution in [0.2, 0.25) is 0 Å². The van der Waals surface area contributed by atoms with Gasteiger partial charge >= 0.3 is 0 Å². The van der Waals surface area contributed by atoms with Crippen molar-refractivity contribution >= 4 is 11.3 Å². The molecule has 8 heteroatoms. The standard InChI is InChI=1S/C22H21N3O4S/c1-26-17-11-14-7-8-25(13-20-23-24-22(29-20)16-5-3-9-28-16)21(19-6-4-10-30-19)15(14)12-18(17)27-2/h3-6,9-12,21H,7-8,13H2,1-2H3. The first-order valence-corrected chi connectivity index (χ1v) is 10.5. The van der Waals surface area contributed by atoms with E-state index >= 15 is 0 Å². The molecule has 3 aromatic heterocycles. The highest BCUT2D eigenvalue weighted by molar-refractivity contribution is 7.10. The Morgan fingerprint density at radius 2 is 2.00 bits per heavy atom. The van der Waals surface area contributed by atoms with Crippen LogP contribution in [-0.2, 0) is 13.0 Å². The average Bonchev–Trinajstić information content (AvgIpc) is 3.55. The van der Waals surface area contributed by atoms with Gasteiger partial charge in [-0.15, -0.1) is 21.5 Å².